The van der Waals surface area contributed by atoms with Crippen molar-refractivity contribution in [3.8, 4) is 5.75 Å². The van der Waals surface area contributed by atoms with E-state index in [1.807, 2.05) is 38.5 Å². The normalized spacial score (nSPS) is 11.9. The maximum atomic E-state index is 9.38. The van der Waals surface area contributed by atoms with Crippen LogP contribution in [0.5, 0.6) is 5.75 Å². The molecule has 2 rings (SSSR count). The quantitative estimate of drug-likeness (QED) is 0.875. The highest BCUT2D eigenvalue weighted by Gasteiger charge is 2.12. The molecule has 0 radical (unpaired) electrons. The Morgan fingerprint density at radius 2 is 1.90 bits per heavy atom. The number of benzene rings is 1. The summed E-state index contributed by atoms with van der Waals surface area (Å²) in [4.78, 5) is 6.26. The first kappa shape index (κ1) is 14.2. The molecule has 4 nitrogen and oxygen atoms in total. The van der Waals surface area contributed by atoms with E-state index in [1.54, 1.807) is 18.3 Å². The van der Waals surface area contributed by atoms with Gasteiger partial charge in [0, 0.05) is 20.3 Å². The van der Waals surface area contributed by atoms with Crippen molar-refractivity contribution in [2.45, 2.75) is 19.4 Å². The largest absolute Gasteiger partial charge is 0.508 e. The van der Waals surface area contributed by atoms with Crippen LogP contribution in [0.4, 0.5) is 11.4 Å². The molecule has 0 aliphatic heterocycles. The van der Waals surface area contributed by atoms with Crippen LogP contribution in [0.2, 0.25) is 0 Å². The maximum Gasteiger partial charge on any atom is 0.115 e. The molecule has 0 saturated heterocycles. The first-order chi connectivity index (χ1) is 9.61. The standard InChI is InChI=1S/C16H21N3O/c1-4-14(12-5-7-13(20)8-6-12)18-15-11-17-10-9-16(15)19(2)3/h5-11,14,18,20H,4H2,1-3H3. The summed E-state index contributed by atoms with van der Waals surface area (Å²) in [5.74, 6) is 0.291. The monoisotopic (exact) mass is 271 g/mol. The van der Waals surface area contributed by atoms with Gasteiger partial charge >= 0.3 is 0 Å². The van der Waals surface area contributed by atoms with Crippen LogP contribution in [0.3, 0.4) is 0 Å². The van der Waals surface area contributed by atoms with Gasteiger partial charge in [0.15, 0.2) is 0 Å². The van der Waals surface area contributed by atoms with Gasteiger partial charge in [0.2, 0.25) is 0 Å². The van der Waals surface area contributed by atoms with Crippen molar-refractivity contribution in [2.24, 2.45) is 0 Å². The lowest BCUT2D eigenvalue weighted by Crippen LogP contribution is -2.15. The Kier molecular flexibility index (Phi) is 4.45. The molecule has 4 heteroatoms. The van der Waals surface area contributed by atoms with Crippen LogP contribution in [-0.4, -0.2) is 24.2 Å². The van der Waals surface area contributed by atoms with E-state index in [4.69, 9.17) is 0 Å². The van der Waals surface area contributed by atoms with Crippen LogP contribution >= 0.6 is 0 Å². The van der Waals surface area contributed by atoms with E-state index in [9.17, 15) is 5.11 Å². The van der Waals surface area contributed by atoms with E-state index >= 15 is 0 Å². The topological polar surface area (TPSA) is 48.4 Å². The Bertz CT molecular complexity index is 552. The molecule has 0 aliphatic carbocycles. The lowest BCUT2D eigenvalue weighted by atomic mass is 10.0. The van der Waals surface area contributed by atoms with Crippen molar-refractivity contribution in [3.05, 3.63) is 48.3 Å². The van der Waals surface area contributed by atoms with E-state index in [1.165, 1.54) is 0 Å². The van der Waals surface area contributed by atoms with E-state index in [-0.39, 0.29) is 6.04 Å². The molecule has 1 aromatic heterocycles. The second-order valence-electron chi connectivity index (χ2n) is 4.98. The highest BCUT2D eigenvalue weighted by atomic mass is 16.3. The third kappa shape index (κ3) is 3.20. The third-order valence-corrected chi connectivity index (χ3v) is 3.31. The fourth-order valence-electron chi connectivity index (χ4n) is 2.20. The van der Waals surface area contributed by atoms with Crippen LogP contribution in [-0.2, 0) is 0 Å². The molecule has 1 aromatic carbocycles. The number of nitrogens with zero attached hydrogens (tertiary/aromatic N) is 2. The van der Waals surface area contributed by atoms with Crippen molar-refractivity contribution < 1.29 is 5.11 Å². The highest BCUT2D eigenvalue weighted by Crippen LogP contribution is 2.29. The minimum Gasteiger partial charge on any atom is -0.508 e. The zero-order chi connectivity index (χ0) is 14.5. The number of anilines is 2. The summed E-state index contributed by atoms with van der Waals surface area (Å²) in [6.45, 7) is 2.14. The SMILES string of the molecule is CCC(Nc1cnccc1N(C)C)c1ccc(O)cc1. The Balaban J connectivity index is 2.24. The summed E-state index contributed by atoms with van der Waals surface area (Å²) in [6, 6.07) is 9.51. The maximum absolute atomic E-state index is 9.38. The molecule has 0 saturated carbocycles. The first-order valence-corrected chi connectivity index (χ1v) is 6.78. The molecule has 0 fully saturated rings. The van der Waals surface area contributed by atoms with Gasteiger partial charge in [0.05, 0.1) is 23.6 Å². The number of rotatable bonds is 5. The molecule has 1 heterocycles. The number of nitrogens with one attached hydrogen (secondary N) is 1. The molecule has 106 valence electrons. The molecule has 2 N–H and O–H groups in total. The molecule has 0 aliphatic rings. The number of phenolic OH excluding ortho intramolecular Hbond substituents is 1. The zero-order valence-corrected chi connectivity index (χ0v) is 12.2. The van der Waals surface area contributed by atoms with Crippen LogP contribution < -0.4 is 10.2 Å². The Morgan fingerprint density at radius 3 is 2.50 bits per heavy atom. The van der Waals surface area contributed by atoms with Crippen LogP contribution in [0.25, 0.3) is 0 Å². The molecule has 20 heavy (non-hydrogen) atoms. The van der Waals surface area contributed by atoms with Gasteiger partial charge in [0.25, 0.3) is 0 Å². The summed E-state index contributed by atoms with van der Waals surface area (Å²) in [5, 5.41) is 12.9. The second-order valence-corrected chi connectivity index (χ2v) is 4.98. The van der Waals surface area contributed by atoms with Crippen molar-refractivity contribution in [1.29, 1.82) is 0 Å². The number of aromatic hydroxyl groups is 1. The van der Waals surface area contributed by atoms with Crippen molar-refractivity contribution >= 4 is 11.4 Å². The Labute approximate surface area is 120 Å². The average molecular weight is 271 g/mol. The number of phenols is 1. The van der Waals surface area contributed by atoms with Crippen LogP contribution in [0.1, 0.15) is 24.9 Å². The predicted molar refractivity (Wildman–Crippen MR) is 83.3 cm³/mol. The van der Waals surface area contributed by atoms with Gasteiger partial charge in [-0.15, -0.1) is 0 Å². The summed E-state index contributed by atoms with van der Waals surface area (Å²) < 4.78 is 0. The summed E-state index contributed by atoms with van der Waals surface area (Å²) >= 11 is 0. The Morgan fingerprint density at radius 1 is 1.20 bits per heavy atom. The lowest BCUT2D eigenvalue weighted by Gasteiger charge is -2.23. The Hall–Kier alpha value is -2.23. The molecule has 1 unspecified atom stereocenters. The van der Waals surface area contributed by atoms with Crippen molar-refractivity contribution in [2.75, 3.05) is 24.3 Å². The minimum atomic E-state index is 0.193. The number of aromatic nitrogens is 1. The van der Waals surface area contributed by atoms with E-state index in [2.05, 4.69) is 22.1 Å². The molecular formula is C16H21N3O. The zero-order valence-electron chi connectivity index (χ0n) is 12.2. The summed E-state index contributed by atoms with van der Waals surface area (Å²) in [5.41, 5.74) is 3.27. The second kappa shape index (κ2) is 6.28. The number of hydrogen-bond donors (Lipinski definition) is 2. The average Bonchev–Trinajstić information content (AvgIpc) is 2.46. The smallest absolute Gasteiger partial charge is 0.115 e. The van der Waals surface area contributed by atoms with Crippen LogP contribution in [0.15, 0.2) is 42.7 Å². The molecule has 1 atom stereocenters. The number of pyridine rings is 1. The molecular weight excluding hydrogens is 250 g/mol. The fourth-order valence-corrected chi connectivity index (χ4v) is 2.20. The van der Waals surface area contributed by atoms with Gasteiger partial charge in [-0.05, 0) is 30.2 Å². The van der Waals surface area contributed by atoms with Gasteiger partial charge in [-0.1, -0.05) is 19.1 Å². The van der Waals surface area contributed by atoms with E-state index < -0.39 is 0 Å². The highest BCUT2D eigenvalue weighted by molar-refractivity contribution is 5.68. The summed E-state index contributed by atoms with van der Waals surface area (Å²) in [6.07, 6.45) is 4.59. The van der Waals surface area contributed by atoms with Gasteiger partial charge in [-0.2, -0.15) is 0 Å². The predicted octanol–water partition coefficient (Wildman–Crippen LogP) is 3.42. The first-order valence-electron chi connectivity index (χ1n) is 6.78. The van der Waals surface area contributed by atoms with Crippen molar-refractivity contribution in [3.63, 3.8) is 0 Å². The van der Waals surface area contributed by atoms with Gasteiger partial charge in [-0.25, -0.2) is 0 Å². The summed E-state index contributed by atoms with van der Waals surface area (Å²) in [7, 11) is 4.03. The van der Waals surface area contributed by atoms with Gasteiger partial charge in [0.1, 0.15) is 5.75 Å². The van der Waals surface area contributed by atoms with E-state index in [0.717, 1.165) is 23.4 Å². The lowest BCUT2D eigenvalue weighted by molar-refractivity contribution is 0.475. The molecule has 0 bridgehead atoms. The number of hydrogen-bond acceptors (Lipinski definition) is 4. The van der Waals surface area contributed by atoms with Gasteiger partial charge < -0.3 is 15.3 Å². The van der Waals surface area contributed by atoms with Gasteiger partial charge in [-0.3, -0.25) is 4.98 Å². The third-order valence-electron chi connectivity index (χ3n) is 3.31. The minimum absolute atomic E-state index is 0.193. The fraction of sp³-hybridized carbons (Fsp3) is 0.312. The molecule has 0 spiro atoms. The van der Waals surface area contributed by atoms with E-state index in [0.29, 0.717) is 5.75 Å². The van der Waals surface area contributed by atoms with Crippen LogP contribution in [0, 0.1) is 0 Å². The molecule has 0 amide bonds. The van der Waals surface area contributed by atoms with Crippen molar-refractivity contribution in [1.82, 2.24) is 4.98 Å². The molecule has 2 aromatic rings.